The lowest BCUT2D eigenvalue weighted by Crippen LogP contribution is -2.31. The number of anilines is 2. The fraction of sp³-hybridized carbons (Fsp3) is 0.194. The maximum atomic E-state index is 13.8. The maximum Gasteiger partial charge on any atom is 0.417 e. The molecule has 5 rings (SSSR count). The molecule has 0 bridgehead atoms. The molecule has 0 amide bonds. The second-order valence-corrected chi connectivity index (χ2v) is 12.8. The average Bonchev–Trinajstić information content (AvgIpc) is 3.46. The van der Waals surface area contributed by atoms with Crippen LogP contribution in [-0.4, -0.2) is 29.3 Å². The van der Waals surface area contributed by atoms with E-state index in [9.17, 15) is 39.3 Å². The molecule has 1 aliphatic heterocycles. The lowest BCUT2D eigenvalue weighted by Gasteiger charge is -2.19. The number of alkyl halides is 6. The van der Waals surface area contributed by atoms with Crippen molar-refractivity contribution in [1.82, 2.24) is 4.57 Å². The van der Waals surface area contributed by atoms with E-state index >= 15 is 0 Å². The number of hydrogen-bond donors (Lipinski definition) is 2. The molecule has 50 heavy (non-hydrogen) atoms. The molecule has 0 aliphatic carbocycles. The average molecular weight is 762 g/mol. The van der Waals surface area contributed by atoms with Crippen LogP contribution in [0, 0.1) is 11.3 Å². The Kier molecular flexibility index (Phi) is 10.5. The smallest absolute Gasteiger partial charge is 0.325 e. The standard InChI is InChI=1S/C31H23ClF6N4O6S2/c1-3-40-26-17-22(32)21(31(36,37)38)16-25(26)41(13-14-49-48-47-43)29(40)10-6-9-28-39(2)23-12-11-20(30(33,34)35)15-24(23)42(28)18-19-7-4-5-8-27(19)50(44,45)46/h4-12,15-17H,3,18H2,1-2H3,(H-,43,44,45,46)/p+1. The summed E-state index contributed by atoms with van der Waals surface area (Å²) in [5, 5.41) is 13.8. The monoisotopic (exact) mass is 761 g/mol. The first-order chi connectivity index (χ1) is 23.5. The number of aryl methyl sites for hydroxylation is 1. The van der Waals surface area contributed by atoms with E-state index in [1.54, 1.807) is 23.4 Å². The molecule has 1 aromatic heterocycles. The van der Waals surface area contributed by atoms with Gasteiger partial charge < -0.3 is 4.90 Å². The van der Waals surface area contributed by atoms with Crippen LogP contribution in [0.15, 0.2) is 77.5 Å². The minimum atomic E-state index is -4.79. The van der Waals surface area contributed by atoms with Gasteiger partial charge in [0.25, 0.3) is 15.9 Å². The number of nitrogens with zero attached hydrogens (tertiary/aromatic N) is 4. The minimum absolute atomic E-state index is 0.0161. The van der Waals surface area contributed by atoms with Gasteiger partial charge in [-0.2, -0.15) is 34.8 Å². The molecule has 19 heteroatoms. The third-order valence-corrected chi connectivity index (χ3v) is 9.20. The van der Waals surface area contributed by atoms with Gasteiger partial charge in [0.05, 0.1) is 34.6 Å². The Hall–Kier alpha value is -4.22. The van der Waals surface area contributed by atoms with Crippen LogP contribution < -0.4 is 14.4 Å². The number of rotatable bonds is 8. The van der Waals surface area contributed by atoms with Gasteiger partial charge in [-0.3, -0.25) is 9.45 Å². The summed E-state index contributed by atoms with van der Waals surface area (Å²) in [4.78, 5) is 2.40. The summed E-state index contributed by atoms with van der Waals surface area (Å²) in [6.07, 6.45) is -5.01. The predicted molar refractivity (Wildman–Crippen MR) is 173 cm³/mol. The van der Waals surface area contributed by atoms with Gasteiger partial charge in [0.2, 0.25) is 0 Å². The van der Waals surface area contributed by atoms with Gasteiger partial charge in [-0.25, -0.2) is 14.4 Å². The largest absolute Gasteiger partial charge is 0.417 e. The van der Waals surface area contributed by atoms with Crippen molar-refractivity contribution >= 4 is 62.2 Å². The molecule has 0 saturated carbocycles. The molecule has 0 fully saturated rings. The van der Waals surface area contributed by atoms with Crippen LogP contribution >= 0.6 is 23.6 Å². The van der Waals surface area contributed by atoms with Crippen molar-refractivity contribution in [1.29, 1.82) is 0 Å². The van der Waals surface area contributed by atoms with Gasteiger partial charge in [0, 0.05) is 35.5 Å². The van der Waals surface area contributed by atoms with E-state index < -0.39 is 43.5 Å². The first-order valence-corrected chi connectivity index (χ1v) is 16.7. The summed E-state index contributed by atoms with van der Waals surface area (Å²) >= 11 is 6.36. The molecule has 264 valence electrons. The lowest BCUT2D eigenvalue weighted by molar-refractivity contribution is -0.647. The molecule has 1 aliphatic rings. The highest BCUT2D eigenvalue weighted by Crippen LogP contribution is 2.47. The first kappa shape index (κ1) is 37.0. The van der Waals surface area contributed by atoms with Crippen molar-refractivity contribution in [2.45, 2.75) is 30.7 Å². The van der Waals surface area contributed by atoms with E-state index in [-0.39, 0.29) is 47.2 Å². The summed E-state index contributed by atoms with van der Waals surface area (Å²) < 4.78 is 124. The highest BCUT2D eigenvalue weighted by atomic mass is 35.5. The minimum Gasteiger partial charge on any atom is -0.325 e. The highest BCUT2D eigenvalue weighted by Gasteiger charge is 2.39. The van der Waals surface area contributed by atoms with Gasteiger partial charge in [0.15, 0.2) is 11.0 Å². The Morgan fingerprint density at radius 3 is 2.40 bits per heavy atom. The number of fused-ring (bicyclic) bond motifs is 2. The van der Waals surface area contributed by atoms with Crippen molar-refractivity contribution in [3.8, 4) is 11.3 Å². The van der Waals surface area contributed by atoms with E-state index in [1.165, 1.54) is 52.0 Å². The Balaban J connectivity index is 1.68. The molecule has 0 atom stereocenters. The van der Waals surface area contributed by atoms with Crippen LogP contribution in [0.1, 0.15) is 29.4 Å². The highest BCUT2D eigenvalue weighted by molar-refractivity contribution is 7.99. The number of aromatic nitrogens is 2. The summed E-state index contributed by atoms with van der Waals surface area (Å²) in [7, 11) is -3.12. The van der Waals surface area contributed by atoms with Crippen LogP contribution in [0.3, 0.4) is 0 Å². The van der Waals surface area contributed by atoms with Crippen molar-refractivity contribution in [3.05, 3.63) is 100 Å². The molecule has 2 heterocycles. The van der Waals surface area contributed by atoms with Crippen LogP contribution in [0.4, 0.5) is 37.7 Å². The van der Waals surface area contributed by atoms with E-state index in [2.05, 4.69) is 20.7 Å². The van der Waals surface area contributed by atoms with Gasteiger partial charge in [0.1, 0.15) is 29.3 Å². The lowest BCUT2D eigenvalue weighted by atomic mass is 10.1. The van der Waals surface area contributed by atoms with Crippen LogP contribution in [0.5, 0.6) is 0 Å². The van der Waals surface area contributed by atoms with Crippen molar-refractivity contribution in [2.24, 2.45) is 7.05 Å². The van der Waals surface area contributed by atoms with Crippen molar-refractivity contribution < 1.29 is 58.5 Å². The van der Waals surface area contributed by atoms with Crippen molar-refractivity contribution in [2.75, 3.05) is 16.3 Å². The zero-order chi connectivity index (χ0) is 36.6. The van der Waals surface area contributed by atoms with Gasteiger partial charge in [-0.05, 0) is 43.3 Å². The fourth-order valence-corrected chi connectivity index (χ4v) is 6.69. The molecule has 0 spiro atoms. The van der Waals surface area contributed by atoms with E-state index in [0.717, 1.165) is 30.3 Å². The summed E-state index contributed by atoms with van der Waals surface area (Å²) in [6.45, 7) is 1.68. The molecular weight excluding hydrogens is 738 g/mol. The Labute approximate surface area is 290 Å². The van der Waals surface area contributed by atoms with Gasteiger partial charge in [-0.15, -0.1) is 4.33 Å². The second kappa shape index (κ2) is 14.2. The molecule has 3 aromatic carbocycles. The summed E-state index contributed by atoms with van der Waals surface area (Å²) in [5.74, 6) is 0.525. The first-order valence-electron chi connectivity index (χ1n) is 14.1. The van der Waals surface area contributed by atoms with Crippen molar-refractivity contribution in [3.63, 3.8) is 0 Å². The zero-order valence-corrected chi connectivity index (χ0v) is 28.0. The maximum absolute atomic E-state index is 13.8. The molecular formula is C31H24ClF6N4O6S2+. The Morgan fingerprint density at radius 1 is 1.04 bits per heavy atom. The number of allylic oxidation sites excluding steroid dienone is 2. The van der Waals surface area contributed by atoms with Crippen LogP contribution in [0.25, 0.3) is 17.1 Å². The summed E-state index contributed by atoms with van der Waals surface area (Å²) in [6, 6.07) is 13.2. The molecule has 4 aromatic rings. The third kappa shape index (κ3) is 7.44. The normalized spacial score (nSPS) is 14.6. The SMILES string of the molecule is CCN1/C(=C\C=C\c2n(Cc3ccccc3S(=O)(=O)O)c3cc(C(F)(F)F)ccc3[n+]2C)N(C#CSOOO)c2cc(C(F)(F)F)c(Cl)cc21. The molecule has 0 unspecified atom stereocenters. The van der Waals surface area contributed by atoms with Gasteiger partial charge >= 0.3 is 12.4 Å². The van der Waals surface area contributed by atoms with Crippen LogP contribution in [-0.2, 0) is 45.4 Å². The van der Waals surface area contributed by atoms with E-state index in [4.69, 9.17) is 16.9 Å². The molecule has 0 radical (unpaired) electrons. The second-order valence-electron chi connectivity index (χ2n) is 10.5. The third-order valence-electron chi connectivity index (χ3n) is 7.63. The fourth-order valence-electron chi connectivity index (χ4n) is 5.51. The Morgan fingerprint density at radius 2 is 1.76 bits per heavy atom. The number of hydrogen-bond acceptors (Lipinski definition) is 8. The van der Waals surface area contributed by atoms with Gasteiger partial charge in [-0.1, -0.05) is 40.9 Å². The number of halogens is 7. The topological polar surface area (TPSA) is 108 Å². The molecule has 10 nitrogen and oxygen atoms in total. The molecule has 2 N–H and O–H groups in total. The zero-order valence-electron chi connectivity index (χ0n) is 25.6. The predicted octanol–water partition coefficient (Wildman–Crippen LogP) is 7.64. The Bertz CT molecular complexity index is 2190. The van der Waals surface area contributed by atoms with E-state index in [0.29, 0.717) is 17.6 Å². The molecule has 0 saturated heterocycles. The quantitative estimate of drug-likeness (QED) is 0.0274. The number of benzene rings is 3. The van der Waals surface area contributed by atoms with E-state index in [1.807, 2.05) is 0 Å². The van der Waals surface area contributed by atoms with Crippen LogP contribution in [0.2, 0.25) is 5.02 Å². The summed E-state index contributed by atoms with van der Waals surface area (Å²) in [5.41, 5.74) is -1.23. The number of imidazole rings is 1.